The van der Waals surface area contributed by atoms with Crippen LogP contribution in [-0.4, -0.2) is 11.2 Å². The zero-order chi connectivity index (χ0) is 18.1. The van der Waals surface area contributed by atoms with Crippen LogP contribution < -0.4 is 0 Å². The molecule has 146 valence electrons. The number of nitriles is 1. The van der Waals surface area contributed by atoms with E-state index < -0.39 is 0 Å². The molecule has 4 saturated carbocycles. The minimum Gasteiger partial charge on any atom is -0.393 e. The van der Waals surface area contributed by atoms with Crippen molar-refractivity contribution >= 4 is 0 Å². The van der Waals surface area contributed by atoms with Gasteiger partial charge in [-0.1, -0.05) is 26.2 Å². The first-order chi connectivity index (χ1) is 12.6. The third-order valence-electron chi connectivity index (χ3n) is 9.39. The first-order valence-corrected chi connectivity index (χ1v) is 11.7. The predicted octanol–water partition coefficient (Wildman–Crippen LogP) is 6.09. The van der Waals surface area contributed by atoms with Crippen molar-refractivity contribution in [2.75, 3.05) is 0 Å². The molecule has 4 aliphatic carbocycles. The number of hydrogen-bond acceptors (Lipinski definition) is 2. The van der Waals surface area contributed by atoms with Gasteiger partial charge in [0.25, 0.3) is 0 Å². The smallest absolute Gasteiger partial charge is 0.0655 e. The summed E-state index contributed by atoms with van der Waals surface area (Å²) in [6.45, 7) is 2.59. The van der Waals surface area contributed by atoms with Crippen molar-refractivity contribution in [3.63, 3.8) is 0 Å². The lowest BCUT2D eigenvalue weighted by Crippen LogP contribution is -2.50. The van der Waals surface area contributed by atoms with E-state index in [1.807, 2.05) is 0 Å². The maximum atomic E-state index is 10.2. The van der Waals surface area contributed by atoms with Gasteiger partial charge in [-0.25, -0.2) is 0 Å². The Morgan fingerprint density at radius 3 is 2.54 bits per heavy atom. The molecule has 0 radical (unpaired) electrons. The van der Waals surface area contributed by atoms with Crippen molar-refractivity contribution in [1.82, 2.24) is 0 Å². The summed E-state index contributed by atoms with van der Waals surface area (Å²) >= 11 is 0. The Bertz CT molecular complexity index is 517. The lowest BCUT2D eigenvalue weighted by atomic mass is 9.47. The van der Waals surface area contributed by atoms with E-state index in [0.717, 1.165) is 55.3 Å². The third-order valence-corrected chi connectivity index (χ3v) is 9.39. The minimum atomic E-state index is -0.0208. The average Bonchev–Trinajstić information content (AvgIpc) is 2.67. The van der Waals surface area contributed by atoms with Gasteiger partial charge >= 0.3 is 0 Å². The predicted molar refractivity (Wildman–Crippen MR) is 105 cm³/mol. The van der Waals surface area contributed by atoms with Gasteiger partial charge < -0.3 is 5.11 Å². The van der Waals surface area contributed by atoms with Gasteiger partial charge in [-0.2, -0.15) is 5.26 Å². The van der Waals surface area contributed by atoms with E-state index in [0.29, 0.717) is 11.3 Å². The first kappa shape index (κ1) is 18.8. The maximum Gasteiger partial charge on any atom is 0.0655 e. The summed E-state index contributed by atoms with van der Waals surface area (Å²) in [5, 5.41) is 19.3. The zero-order valence-corrected chi connectivity index (χ0v) is 16.8. The molecule has 4 fully saturated rings. The highest BCUT2D eigenvalue weighted by Crippen LogP contribution is 2.60. The number of fused-ring (bicyclic) bond motifs is 3. The van der Waals surface area contributed by atoms with Gasteiger partial charge in [-0.05, 0) is 106 Å². The van der Waals surface area contributed by atoms with Crippen LogP contribution in [0.1, 0.15) is 96.8 Å². The molecular weight excluding hydrogens is 318 g/mol. The summed E-state index contributed by atoms with van der Waals surface area (Å²) in [6, 6.07) is 2.48. The molecular formula is C24H39NO. The Morgan fingerprint density at radius 1 is 0.962 bits per heavy atom. The van der Waals surface area contributed by atoms with Crippen LogP contribution >= 0.6 is 0 Å². The van der Waals surface area contributed by atoms with Crippen molar-refractivity contribution in [2.24, 2.45) is 40.9 Å². The van der Waals surface area contributed by atoms with Gasteiger partial charge in [0, 0.05) is 5.92 Å². The Hall–Kier alpha value is -0.550. The molecule has 1 N–H and O–H groups in total. The van der Waals surface area contributed by atoms with Crippen LogP contribution in [0.2, 0.25) is 0 Å². The number of rotatable bonds is 3. The molecule has 0 aromatic heterocycles. The largest absolute Gasteiger partial charge is 0.393 e. The van der Waals surface area contributed by atoms with Gasteiger partial charge in [0.05, 0.1) is 12.2 Å². The molecule has 0 aromatic carbocycles. The van der Waals surface area contributed by atoms with E-state index in [2.05, 4.69) is 13.0 Å². The number of aliphatic hydroxyl groups is 1. The minimum absolute atomic E-state index is 0.0208. The summed E-state index contributed by atoms with van der Waals surface area (Å²) in [5.74, 6) is 4.90. The molecule has 0 aromatic rings. The van der Waals surface area contributed by atoms with Crippen LogP contribution in [0.25, 0.3) is 0 Å². The first-order valence-electron chi connectivity index (χ1n) is 11.7. The van der Waals surface area contributed by atoms with Gasteiger partial charge in [-0.3, -0.25) is 0 Å². The van der Waals surface area contributed by atoms with Crippen molar-refractivity contribution in [2.45, 2.75) is 103 Å². The summed E-state index contributed by atoms with van der Waals surface area (Å²) in [5.41, 5.74) is 0.520. The molecule has 0 heterocycles. The van der Waals surface area contributed by atoms with E-state index >= 15 is 0 Å². The molecule has 4 rings (SSSR count). The van der Waals surface area contributed by atoms with Crippen LogP contribution in [0.15, 0.2) is 0 Å². The molecule has 0 bridgehead atoms. The second-order valence-corrected chi connectivity index (χ2v) is 10.6. The van der Waals surface area contributed by atoms with E-state index in [1.54, 1.807) is 0 Å². The van der Waals surface area contributed by atoms with Crippen LogP contribution in [0.4, 0.5) is 0 Å². The number of hydrogen-bond donors (Lipinski definition) is 1. The van der Waals surface area contributed by atoms with Gasteiger partial charge in [0.1, 0.15) is 0 Å². The highest BCUT2D eigenvalue weighted by Gasteiger charge is 2.52. The Balaban J connectivity index is 1.35. The standard InChI is InChI=1S/C24H39NO/c1-24-14-13-21(26)15-20(24)11-12-22-19(3-2-4-23(22)24)10-9-17-5-7-18(16-25)8-6-17/h17-23,26H,2-15H2,1H3/t17?,18?,19?,20-,21+,22?,23?,24-/m0/s1. The van der Waals surface area contributed by atoms with Gasteiger partial charge in [0.2, 0.25) is 0 Å². The highest BCUT2D eigenvalue weighted by atomic mass is 16.3. The maximum absolute atomic E-state index is 10.2. The van der Waals surface area contributed by atoms with Crippen molar-refractivity contribution < 1.29 is 5.11 Å². The number of nitrogens with zero attached hydrogens (tertiary/aromatic N) is 1. The molecule has 0 saturated heterocycles. The number of aliphatic hydroxyl groups excluding tert-OH is 1. The zero-order valence-electron chi connectivity index (χ0n) is 16.8. The molecule has 2 nitrogen and oxygen atoms in total. The molecule has 3 unspecified atom stereocenters. The molecule has 26 heavy (non-hydrogen) atoms. The van der Waals surface area contributed by atoms with Crippen LogP contribution in [0, 0.1) is 52.3 Å². The van der Waals surface area contributed by atoms with Crippen molar-refractivity contribution in [3.05, 3.63) is 0 Å². The van der Waals surface area contributed by atoms with Crippen LogP contribution in [0.5, 0.6) is 0 Å². The summed E-state index contributed by atoms with van der Waals surface area (Å²) in [7, 11) is 0. The molecule has 0 spiro atoms. The average molecular weight is 358 g/mol. The Labute approximate surface area is 160 Å². The van der Waals surface area contributed by atoms with Crippen LogP contribution in [-0.2, 0) is 0 Å². The second-order valence-electron chi connectivity index (χ2n) is 10.6. The van der Waals surface area contributed by atoms with E-state index in [4.69, 9.17) is 5.26 Å². The summed E-state index contributed by atoms with van der Waals surface area (Å²) in [4.78, 5) is 0. The lowest BCUT2D eigenvalue weighted by molar-refractivity contribution is -0.100. The molecule has 4 aliphatic rings. The second kappa shape index (κ2) is 7.83. The SMILES string of the molecule is C[C@]12CC[C@@H](O)C[C@@H]1CCC1C(CCC3CCC(C#N)CC3)CCCC12. The van der Waals surface area contributed by atoms with Crippen molar-refractivity contribution in [1.29, 1.82) is 5.26 Å². The van der Waals surface area contributed by atoms with Gasteiger partial charge in [-0.15, -0.1) is 0 Å². The molecule has 0 amide bonds. The van der Waals surface area contributed by atoms with E-state index in [9.17, 15) is 5.11 Å². The Morgan fingerprint density at radius 2 is 1.77 bits per heavy atom. The molecule has 6 atom stereocenters. The quantitative estimate of drug-likeness (QED) is 0.664. The third kappa shape index (κ3) is 3.58. The topological polar surface area (TPSA) is 44.0 Å². The van der Waals surface area contributed by atoms with Crippen molar-refractivity contribution in [3.8, 4) is 6.07 Å². The molecule has 2 heteroatoms. The summed E-state index contributed by atoms with van der Waals surface area (Å²) < 4.78 is 0. The van der Waals surface area contributed by atoms with E-state index in [1.165, 1.54) is 64.2 Å². The normalized spacial score (nSPS) is 48.9. The van der Waals surface area contributed by atoms with Crippen LogP contribution in [0.3, 0.4) is 0 Å². The van der Waals surface area contributed by atoms with E-state index in [-0.39, 0.29) is 6.10 Å². The Kier molecular flexibility index (Phi) is 5.66. The van der Waals surface area contributed by atoms with Gasteiger partial charge in [0.15, 0.2) is 0 Å². The fourth-order valence-corrected chi connectivity index (χ4v) is 7.73. The summed E-state index contributed by atoms with van der Waals surface area (Å²) in [6.07, 6.45) is 18.3. The monoisotopic (exact) mass is 357 g/mol. The fourth-order valence-electron chi connectivity index (χ4n) is 7.73. The lowest BCUT2D eigenvalue weighted by Gasteiger charge is -2.58. The highest BCUT2D eigenvalue weighted by molar-refractivity contribution is 5.02. The fraction of sp³-hybridized carbons (Fsp3) is 0.958. The molecule has 0 aliphatic heterocycles.